The van der Waals surface area contributed by atoms with E-state index < -0.39 is 0 Å². The molecule has 2 bridgehead atoms. The van der Waals surface area contributed by atoms with E-state index in [1.54, 1.807) is 0 Å². The number of nitrogens with one attached hydrogen (secondary N) is 2. The largest absolute Gasteiger partial charge is 0.378 e. The predicted octanol–water partition coefficient (Wildman–Crippen LogP) is 6.11. The molecule has 28 heavy (non-hydrogen) atoms. The van der Waals surface area contributed by atoms with E-state index in [0.29, 0.717) is 24.3 Å². The summed E-state index contributed by atoms with van der Waals surface area (Å²) in [5, 5.41) is 7.00. The molecule has 2 aromatic rings. The highest BCUT2D eigenvalue weighted by atomic mass is 16.1. The van der Waals surface area contributed by atoms with E-state index in [1.807, 2.05) is 0 Å². The number of amides is 1. The van der Waals surface area contributed by atoms with Gasteiger partial charge in [0.1, 0.15) is 0 Å². The van der Waals surface area contributed by atoms with Gasteiger partial charge in [0.25, 0.3) is 0 Å². The Labute approximate surface area is 167 Å². The lowest BCUT2D eigenvalue weighted by atomic mass is 9.68. The van der Waals surface area contributed by atoms with Gasteiger partial charge < -0.3 is 10.6 Å². The molecule has 1 amide bonds. The van der Waals surface area contributed by atoms with Crippen molar-refractivity contribution in [1.29, 1.82) is 0 Å². The van der Waals surface area contributed by atoms with Crippen LogP contribution in [0.25, 0.3) is 0 Å². The molecule has 2 saturated carbocycles. The molecule has 2 N–H and O–H groups in total. The molecule has 0 saturated heterocycles. The molecule has 3 aliphatic rings. The Balaban J connectivity index is 1.47. The van der Waals surface area contributed by atoms with E-state index in [9.17, 15) is 4.79 Å². The Morgan fingerprint density at radius 3 is 2.75 bits per heavy atom. The van der Waals surface area contributed by atoms with E-state index in [2.05, 4.69) is 66.1 Å². The number of rotatable bonds is 5. The summed E-state index contributed by atoms with van der Waals surface area (Å²) in [7, 11) is 0. The van der Waals surface area contributed by atoms with Crippen molar-refractivity contribution >= 4 is 17.3 Å². The number of fused-ring (bicyclic) bond motifs is 7. The van der Waals surface area contributed by atoms with Crippen molar-refractivity contribution in [3.63, 3.8) is 0 Å². The normalized spacial score (nSPS) is 29.7. The lowest BCUT2D eigenvalue weighted by Gasteiger charge is -2.43. The first-order valence-corrected chi connectivity index (χ1v) is 11.0. The molecule has 0 radical (unpaired) electrons. The topological polar surface area (TPSA) is 41.1 Å². The first-order chi connectivity index (χ1) is 13.7. The van der Waals surface area contributed by atoms with E-state index >= 15 is 0 Å². The van der Waals surface area contributed by atoms with Crippen LogP contribution < -0.4 is 10.6 Å². The van der Waals surface area contributed by atoms with Crippen molar-refractivity contribution in [3.8, 4) is 0 Å². The molecule has 0 aromatic heterocycles. The first-order valence-electron chi connectivity index (χ1n) is 11.0. The highest BCUT2D eigenvalue weighted by Gasteiger charge is 2.53. The maximum Gasteiger partial charge on any atom is 0.224 e. The highest BCUT2D eigenvalue weighted by Crippen LogP contribution is 2.63. The minimum atomic E-state index is 0.136. The maximum absolute atomic E-state index is 12.2. The van der Waals surface area contributed by atoms with E-state index in [-0.39, 0.29) is 5.91 Å². The van der Waals surface area contributed by atoms with Gasteiger partial charge in [0.05, 0.1) is 6.04 Å². The Hall–Kier alpha value is -2.29. The van der Waals surface area contributed by atoms with Crippen LogP contribution in [0.15, 0.2) is 48.5 Å². The zero-order valence-corrected chi connectivity index (χ0v) is 16.7. The molecule has 0 spiro atoms. The van der Waals surface area contributed by atoms with Crippen LogP contribution in [-0.2, 0) is 4.79 Å². The monoisotopic (exact) mass is 374 g/mol. The van der Waals surface area contributed by atoms with Crippen molar-refractivity contribution < 1.29 is 4.79 Å². The van der Waals surface area contributed by atoms with Crippen LogP contribution in [0.3, 0.4) is 0 Å². The van der Waals surface area contributed by atoms with E-state index in [0.717, 1.165) is 30.4 Å². The second-order valence-corrected chi connectivity index (χ2v) is 8.92. The molecule has 2 fully saturated rings. The van der Waals surface area contributed by atoms with Crippen molar-refractivity contribution in [2.45, 2.75) is 57.4 Å². The number of unbranched alkanes of at least 4 members (excludes halogenated alkanes) is 1. The second-order valence-electron chi connectivity index (χ2n) is 8.92. The van der Waals surface area contributed by atoms with E-state index in [1.165, 1.54) is 36.1 Å². The minimum Gasteiger partial charge on any atom is -0.378 e. The SMILES string of the molecule is CCCCC(=O)Nc1ccc2c(c1)C1C3CCC(C3)C1C(c1ccccc1)N2. The first kappa shape index (κ1) is 17.8. The fraction of sp³-hybridized carbons (Fsp3) is 0.480. The molecule has 5 atom stereocenters. The van der Waals surface area contributed by atoms with Crippen LogP contribution in [-0.4, -0.2) is 5.91 Å². The molecular weight excluding hydrogens is 344 g/mol. The molecular formula is C25H30N2O. The molecule has 3 nitrogen and oxygen atoms in total. The Bertz CT molecular complexity index is 862. The lowest BCUT2D eigenvalue weighted by molar-refractivity contribution is -0.116. The van der Waals surface area contributed by atoms with Gasteiger partial charge in [-0.15, -0.1) is 0 Å². The molecule has 2 aliphatic carbocycles. The fourth-order valence-electron chi connectivity index (χ4n) is 6.11. The van der Waals surface area contributed by atoms with Gasteiger partial charge in [0, 0.05) is 17.8 Å². The average Bonchev–Trinajstić information content (AvgIpc) is 3.35. The molecule has 5 unspecified atom stereocenters. The van der Waals surface area contributed by atoms with Gasteiger partial charge in [-0.1, -0.05) is 43.7 Å². The van der Waals surface area contributed by atoms with Crippen LogP contribution in [0.2, 0.25) is 0 Å². The third-order valence-electron chi connectivity index (χ3n) is 7.29. The van der Waals surface area contributed by atoms with Gasteiger partial charge in [-0.25, -0.2) is 0 Å². The summed E-state index contributed by atoms with van der Waals surface area (Å²) in [6.07, 6.45) is 6.71. The molecule has 5 rings (SSSR count). The van der Waals surface area contributed by atoms with Crippen LogP contribution in [0.4, 0.5) is 11.4 Å². The van der Waals surface area contributed by atoms with Crippen LogP contribution in [0.5, 0.6) is 0 Å². The fourth-order valence-corrected chi connectivity index (χ4v) is 6.11. The summed E-state index contributed by atoms with van der Waals surface area (Å²) in [5.74, 6) is 3.04. The van der Waals surface area contributed by atoms with Crippen LogP contribution in [0, 0.1) is 17.8 Å². The van der Waals surface area contributed by atoms with Crippen molar-refractivity contribution in [3.05, 3.63) is 59.7 Å². The smallest absolute Gasteiger partial charge is 0.224 e. The van der Waals surface area contributed by atoms with Crippen molar-refractivity contribution in [2.75, 3.05) is 10.6 Å². The summed E-state index contributed by atoms with van der Waals surface area (Å²) >= 11 is 0. The number of hydrogen-bond donors (Lipinski definition) is 2. The number of hydrogen-bond acceptors (Lipinski definition) is 2. The Kier molecular flexibility index (Phi) is 4.62. The van der Waals surface area contributed by atoms with Crippen LogP contribution in [0.1, 0.15) is 68.5 Å². The summed E-state index contributed by atoms with van der Waals surface area (Å²) in [4.78, 5) is 12.2. The number of carbonyl (C=O) groups excluding carboxylic acids is 1. The van der Waals surface area contributed by atoms with Crippen molar-refractivity contribution in [2.24, 2.45) is 17.8 Å². The summed E-state index contributed by atoms with van der Waals surface area (Å²) in [6, 6.07) is 17.9. The van der Waals surface area contributed by atoms with E-state index in [4.69, 9.17) is 0 Å². The molecule has 1 aliphatic heterocycles. The zero-order valence-electron chi connectivity index (χ0n) is 16.7. The van der Waals surface area contributed by atoms with Gasteiger partial charge >= 0.3 is 0 Å². The Morgan fingerprint density at radius 1 is 1.11 bits per heavy atom. The number of benzene rings is 2. The molecule has 146 valence electrons. The van der Waals surface area contributed by atoms with Gasteiger partial charge in [0.15, 0.2) is 0 Å². The zero-order chi connectivity index (χ0) is 19.1. The van der Waals surface area contributed by atoms with Gasteiger partial charge in [-0.2, -0.15) is 0 Å². The quantitative estimate of drug-likeness (QED) is 0.663. The lowest BCUT2D eigenvalue weighted by Crippen LogP contribution is -2.35. The summed E-state index contributed by atoms with van der Waals surface area (Å²) < 4.78 is 0. The maximum atomic E-state index is 12.2. The third kappa shape index (κ3) is 3.01. The number of carbonyl (C=O) groups is 1. The standard InChI is InChI=1S/C25H30N2O/c1-2-3-9-22(28)26-19-12-13-21-20(15-19)23-17-10-11-18(14-17)24(23)25(27-21)16-7-5-4-6-8-16/h4-8,12-13,15,17-18,23-25,27H,2-3,9-11,14H2,1H3,(H,26,28). The van der Waals surface area contributed by atoms with Crippen LogP contribution >= 0.6 is 0 Å². The molecule has 3 heteroatoms. The summed E-state index contributed by atoms with van der Waals surface area (Å²) in [6.45, 7) is 2.12. The van der Waals surface area contributed by atoms with Gasteiger partial charge in [-0.3, -0.25) is 4.79 Å². The number of anilines is 2. The Morgan fingerprint density at radius 2 is 1.93 bits per heavy atom. The van der Waals surface area contributed by atoms with Crippen molar-refractivity contribution in [1.82, 2.24) is 0 Å². The van der Waals surface area contributed by atoms with Gasteiger partial charge in [0.2, 0.25) is 5.91 Å². The molecule has 1 heterocycles. The predicted molar refractivity (Wildman–Crippen MR) is 114 cm³/mol. The van der Waals surface area contributed by atoms with Gasteiger partial charge in [-0.05, 0) is 78.7 Å². The highest BCUT2D eigenvalue weighted by molar-refractivity contribution is 5.91. The minimum absolute atomic E-state index is 0.136. The molecule has 2 aromatic carbocycles. The third-order valence-corrected chi connectivity index (χ3v) is 7.29. The summed E-state index contributed by atoms with van der Waals surface area (Å²) in [5.41, 5.74) is 5.06. The average molecular weight is 375 g/mol. The second kappa shape index (κ2) is 7.27.